The largest absolute Gasteiger partial charge is 0.325 e. The first-order valence-electron chi connectivity index (χ1n) is 4.57. The molecule has 3 nitrogen and oxygen atoms in total. The minimum atomic E-state index is 0.403. The number of nitrogens with two attached hydrogens (primary N) is 1. The van der Waals surface area contributed by atoms with Crippen molar-refractivity contribution >= 4 is 11.6 Å². The van der Waals surface area contributed by atoms with Crippen LogP contribution in [-0.4, -0.2) is 9.97 Å². The van der Waals surface area contributed by atoms with Gasteiger partial charge in [-0.15, -0.1) is 0 Å². The van der Waals surface area contributed by atoms with Gasteiger partial charge in [0.2, 0.25) is 0 Å². The van der Waals surface area contributed by atoms with E-state index in [1.165, 1.54) is 6.33 Å². The van der Waals surface area contributed by atoms with E-state index >= 15 is 0 Å². The van der Waals surface area contributed by atoms with Crippen LogP contribution in [0.2, 0.25) is 5.02 Å². The van der Waals surface area contributed by atoms with Crippen LogP contribution in [0, 0.1) is 0 Å². The van der Waals surface area contributed by atoms with Gasteiger partial charge in [-0.1, -0.05) is 29.8 Å². The predicted molar refractivity (Wildman–Crippen MR) is 60.4 cm³/mol. The molecule has 0 fully saturated rings. The molecule has 0 aliphatic rings. The number of nitrogens with zero attached hydrogens (tertiary/aromatic N) is 2. The van der Waals surface area contributed by atoms with Crippen LogP contribution >= 0.6 is 11.6 Å². The van der Waals surface area contributed by atoms with Gasteiger partial charge in [0.15, 0.2) is 0 Å². The Kier molecular flexibility index (Phi) is 2.94. The molecule has 0 saturated carbocycles. The molecule has 1 aromatic carbocycles. The zero-order chi connectivity index (χ0) is 10.7. The Morgan fingerprint density at radius 3 is 2.73 bits per heavy atom. The SMILES string of the molecule is NCc1cc(-c2ccccc2Cl)ncn1. The van der Waals surface area contributed by atoms with Crippen LogP contribution in [0.5, 0.6) is 0 Å². The lowest BCUT2D eigenvalue weighted by Crippen LogP contribution is -2.00. The number of benzene rings is 1. The van der Waals surface area contributed by atoms with Crippen LogP contribution in [-0.2, 0) is 6.54 Å². The van der Waals surface area contributed by atoms with E-state index in [0.717, 1.165) is 17.0 Å². The Bertz CT molecular complexity index is 471. The molecular weight excluding hydrogens is 210 g/mol. The minimum absolute atomic E-state index is 0.403. The Labute approximate surface area is 92.9 Å². The van der Waals surface area contributed by atoms with Crippen LogP contribution in [0.15, 0.2) is 36.7 Å². The summed E-state index contributed by atoms with van der Waals surface area (Å²) < 4.78 is 0. The van der Waals surface area contributed by atoms with E-state index < -0.39 is 0 Å². The molecule has 1 aromatic heterocycles. The molecule has 0 spiro atoms. The zero-order valence-electron chi connectivity index (χ0n) is 8.02. The second-order valence-electron chi connectivity index (χ2n) is 3.08. The van der Waals surface area contributed by atoms with Crippen molar-refractivity contribution in [1.29, 1.82) is 0 Å². The summed E-state index contributed by atoms with van der Waals surface area (Å²) in [6, 6.07) is 9.41. The van der Waals surface area contributed by atoms with Gasteiger partial charge in [-0.2, -0.15) is 0 Å². The summed E-state index contributed by atoms with van der Waals surface area (Å²) in [6.07, 6.45) is 1.50. The molecular formula is C11H10ClN3. The van der Waals surface area contributed by atoms with Crippen LogP contribution < -0.4 is 5.73 Å². The van der Waals surface area contributed by atoms with Gasteiger partial charge in [0.05, 0.1) is 11.4 Å². The molecule has 0 radical (unpaired) electrons. The minimum Gasteiger partial charge on any atom is -0.325 e. The van der Waals surface area contributed by atoms with Crippen molar-refractivity contribution in [1.82, 2.24) is 9.97 Å². The van der Waals surface area contributed by atoms with E-state index in [-0.39, 0.29) is 0 Å². The van der Waals surface area contributed by atoms with Crippen molar-refractivity contribution in [2.45, 2.75) is 6.54 Å². The van der Waals surface area contributed by atoms with Gasteiger partial charge in [-0.05, 0) is 12.1 Å². The maximum absolute atomic E-state index is 6.06. The Balaban J connectivity index is 2.49. The van der Waals surface area contributed by atoms with Gasteiger partial charge in [0, 0.05) is 17.1 Å². The molecule has 1 heterocycles. The number of hydrogen-bond acceptors (Lipinski definition) is 3. The lowest BCUT2D eigenvalue weighted by Gasteiger charge is -2.03. The Morgan fingerprint density at radius 1 is 1.20 bits per heavy atom. The van der Waals surface area contributed by atoms with E-state index in [4.69, 9.17) is 17.3 Å². The highest BCUT2D eigenvalue weighted by molar-refractivity contribution is 6.33. The van der Waals surface area contributed by atoms with Crippen molar-refractivity contribution in [3.05, 3.63) is 47.4 Å². The van der Waals surface area contributed by atoms with Crippen molar-refractivity contribution in [2.24, 2.45) is 5.73 Å². The van der Waals surface area contributed by atoms with E-state index in [2.05, 4.69) is 9.97 Å². The monoisotopic (exact) mass is 219 g/mol. The van der Waals surface area contributed by atoms with Gasteiger partial charge < -0.3 is 5.73 Å². The third-order valence-electron chi connectivity index (χ3n) is 2.08. The number of halogens is 1. The van der Waals surface area contributed by atoms with Gasteiger partial charge in [-0.25, -0.2) is 9.97 Å². The van der Waals surface area contributed by atoms with E-state index in [1.807, 2.05) is 30.3 Å². The molecule has 0 aliphatic carbocycles. The van der Waals surface area contributed by atoms with Gasteiger partial charge in [-0.3, -0.25) is 0 Å². The first kappa shape index (κ1) is 10.1. The molecule has 0 saturated heterocycles. The third kappa shape index (κ3) is 2.14. The fourth-order valence-electron chi connectivity index (χ4n) is 1.33. The molecule has 0 bridgehead atoms. The molecule has 2 aromatic rings. The summed E-state index contributed by atoms with van der Waals surface area (Å²) >= 11 is 6.06. The Morgan fingerprint density at radius 2 is 2.00 bits per heavy atom. The maximum atomic E-state index is 6.06. The van der Waals surface area contributed by atoms with Gasteiger partial charge in [0.25, 0.3) is 0 Å². The average molecular weight is 220 g/mol. The van der Waals surface area contributed by atoms with Gasteiger partial charge >= 0.3 is 0 Å². The van der Waals surface area contributed by atoms with Crippen molar-refractivity contribution in [3.8, 4) is 11.3 Å². The molecule has 15 heavy (non-hydrogen) atoms. The standard InChI is InChI=1S/C11H10ClN3/c12-10-4-2-1-3-9(10)11-5-8(6-13)14-7-15-11/h1-5,7H,6,13H2. The van der Waals surface area contributed by atoms with Crippen LogP contribution in [0.25, 0.3) is 11.3 Å². The first-order valence-corrected chi connectivity index (χ1v) is 4.95. The highest BCUT2D eigenvalue weighted by Gasteiger charge is 2.04. The molecule has 0 aliphatic heterocycles. The normalized spacial score (nSPS) is 10.3. The molecule has 2 N–H and O–H groups in total. The van der Waals surface area contributed by atoms with Crippen molar-refractivity contribution in [2.75, 3.05) is 0 Å². The molecule has 0 atom stereocenters. The smallest absolute Gasteiger partial charge is 0.116 e. The highest BCUT2D eigenvalue weighted by atomic mass is 35.5. The first-order chi connectivity index (χ1) is 7.31. The summed E-state index contributed by atoms with van der Waals surface area (Å²) in [5, 5.41) is 0.680. The summed E-state index contributed by atoms with van der Waals surface area (Å²) in [6.45, 7) is 0.403. The number of rotatable bonds is 2. The van der Waals surface area contributed by atoms with Crippen LogP contribution in [0.4, 0.5) is 0 Å². The quantitative estimate of drug-likeness (QED) is 0.843. The second-order valence-corrected chi connectivity index (χ2v) is 3.49. The maximum Gasteiger partial charge on any atom is 0.116 e. The van der Waals surface area contributed by atoms with E-state index in [1.54, 1.807) is 0 Å². The fraction of sp³-hybridized carbons (Fsp3) is 0.0909. The lowest BCUT2D eigenvalue weighted by atomic mass is 10.1. The number of hydrogen-bond donors (Lipinski definition) is 1. The van der Waals surface area contributed by atoms with Crippen molar-refractivity contribution < 1.29 is 0 Å². The fourth-order valence-corrected chi connectivity index (χ4v) is 1.56. The summed E-state index contributed by atoms with van der Waals surface area (Å²) in [5.41, 5.74) is 8.02. The van der Waals surface area contributed by atoms with E-state index in [0.29, 0.717) is 11.6 Å². The van der Waals surface area contributed by atoms with Crippen molar-refractivity contribution in [3.63, 3.8) is 0 Å². The number of aromatic nitrogens is 2. The molecule has 0 unspecified atom stereocenters. The zero-order valence-corrected chi connectivity index (χ0v) is 8.78. The van der Waals surface area contributed by atoms with E-state index in [9.17, 15) is 0 Å². The lowest BCUT2D eigenvalue weighted by molar-refractivity contribution is 0.966. The average Bonchev–Trinajstić information content (AvgIpc) is 2.30. The summed E-state index contributed by atoms with van der Waals surface area (Å²) in [4.78, 5) is 8.20. The topological polar surface area (TPSA) is 51.8 Å². The van der Waals surface area contributed by atoms with Crippen LogP contribution in [0.3, 0.4) is 0 Å². The second kappa shape index (κ2) is 4.38. The molecule has 0 amide bonds. The molecule has 76 valence electrons. The highest BCUT2D eigenvalue weighted by Crippen LogP contribution is 2.25. The van der Waals surface area contributed by atoms with Gasteiger partial charge in [0.1, 0.15) is 6.33 Å². The summed E-state index contributed by atoms with van der Waals surface area (Å²) in [7, 11) is 0. The third-order valence-corrected chi connectivity index (χ3v) is 2.41. The summed E-state index contributed by atoms with van der Waals surface area (Å²) in [5.74, 6) is 0. The predicted octanol–water partition coefficient (Wildman–Crippen LogP) is 2.26. The molecule has 2 rings (SSSR count). The Hall–Kier alpha value is -1.45. The molecule has 4 heteroatoms. The van der Waals surface area contributed by atoms with Crippen LogP contribution in [0.1, 0.15) is 5.69 Å².